The summed E-state index contributed by atoms with van der Waals surface area (Å²) in [5.74, 6) is 3.38. The van der Waals surface area contributed by atoms with Crippen LogP contribution in [0.5, 0.6) is 5.75 Å². The Labute approximate surface area is 197 Å². The predicted octanol–water partition coefficient (Wildman–Crippen LogP) is 5.16. The highest BCUT2D eigenvalue weighted by atomic mass is 35.5. The minimum Gasteiger partial charge on any atom is -0.484 e. The Hall–Kier alpha value is -2.42. The molecule has 1 N–H and O–H groups in total. The molecule has 0 aromatic heterocycles. The fourth-order valence-corrected chi connectivity index (χ4v) is 5.42. The summed E-state index contributed by atoms with van der Waals surface area (Å²) in [5.41, 5.74) is 1.67. The summed E-state index contributed by atoms with van der Waals surface area (Å²) < 4.78 is 34.8. The summed E-state index contributed by atoms with van der Waals surface area (Å²) in [4.78, 5) is 15.0. The SMILES string of the molecule is C=C(NS(=C)(=O)c1ccc2c(c1)CCCN2C(=O)COc1ccc(F)c(Cl)c1)S/C=C\C. The second-order valence-electron chi connectivity index (χ2n) is 7.09. The third kappa shape index (κ3) is 5.88. The predicted molar refractivity (Wildman–Crippen MR) is 132 cm³/mol. The molecule has 9 heteroatoms. The van der Waals surface area contributed by atoms with Crippen LogP contribution in [0.2, 0.25) is 5.02 Å². The van der Waals surface area contributed by atoms with Crippen molar-refractivity contribution in [3.63, 3.8) is 0 Å². The normalized spacial score (nSPS) is 15.2. The zero-order valence-corrected chi connectivity index (χ0v) is 20.0. The lowest BCUT2D eigenvalue weighted by Crippen LogP contribution is -2.38. The van der Waals surface area contributed by atoms with E-state index in [4.69, 9.17) is 16.3 Å². The van der Waals surface area contributed by atoms with Gasteiger partial charge in [-0.1, -0.05) is 36.0 Å². The van der Waals surface area contributed by atoms with Gasteiger partial charge in [0.05, 0.1) is 19.8 Å². The van der Waals surface area contributed by atoms with E-state index in [0.29, 0.717) is 22.2 Å². The standard InChI is InChI=1S/C23H24ClFN2O3S2/c1-4-12-31-16(2)26-32(3,29)19-8-10-22-17(13-19)6-5-11-27(22)23(28)15-30-18-7-9-21(25)20(24)14-18/h4,7-10,12-14H,2-3,5-6,11,15H2,1H3,(H,26,29)/b12-4-. The lowest BCUT2D eigenvalue weighted by Gasteiger charge is -2.30. The van der Waals surface area contributed by atoms with E-state index in [2.05, 4.69) is 17.2 Å². The number of hydrogen-bond donors (Lipinski definition) is 1. The molecule has 32 heavy (non-hydrogen) atoms. The van der Waals surface area contributed by atoms with Gasteiger partial charge in [0.25, 0.3) is 5.91 Å². The number of nitrogens with one attached hydrogen (secondary N) is 1. The molecule has 1 heterocycles. The van der Waals surface area contributed by atoms with Crippen molar-refractivity contribution in [3.05, 3.63) is 75.9 Å². The first kappa shape index (κ1) is 24.2. The van der Waals surface area contributed by atoms with Crippen molar-refractivity contribution < 1.29 is 18.1 Å². The van der Waals surface area contributed by atoms with Gasteiger partial charge < -0.3 is 14.4 Å². The third-order valence-corrected chi connectivity index (χ3v) is 7.54. The molecular weight excluding hydrogens is 471 g/mol. The zero-order chi connectivity index (χ0) is 23.3. The maximum Gasteiger partial charge on any atom is 0.264 e. The maximum atomic E-state index is 13.3. The van der Waals surface area contributed by atoms with Crippen LogP contribution < -0.4 is 14.4 Å². The van der Waals surface area contributed by atoms with Crippen LogP contribution in [0.25, 0.3) is 0 Å². The minimum atomic E-state index is -2.79. The average molecular weight is 495 g/mol. The van der Waals surface area contributed by atoms with Crippen LogP contribution in [0.1, 0.15) is 18.9 Å². The number of carbonyl (C=O) groups is 1. The van der Waals surface area contributed by atoms with Crippen LogP contribution in [0.15, 0.2) is 64.4 Å². The molecule has 0 aliphatic carbocycles. The highest BCUT2D eigenvalue weighted by Gasteiger charge is 2.24. The molecule has 3 rings (SSSR count). The van der Waals surface area contributed by atoms with Gasteiger partial charge in [-0.25, -0.2) is 8.60 Å². The quantitative estimate of drug-likeness (QED) is 0.515. The van der Waals surface area contributed by atoms with Crippen molar-refractivity contribution in [2.45, 2.75) is 24.7 Å². The number of anilines is 1. The van der Waals surface area contributed by atoms with Crippen molar-refractivity contribution in [2.75, 3.05) is 18.1 Å². The molecule has 170 valence electrons. The number of rotatable bonds is 8. The fourth-order valence-electron chi connectivity index (χ4n) is 3.24. The number of aryl methyl sites for hydroxylation is 1. The molecule has 2 aromatic rings. The summed E-state index contributed by atoms with van der Waals surface area (Å²) in [5, 5.41) is 2.31. The monoisotopic (exact) mass is 494 g/mol. The number of amides is 1. The molecule has 1 aliphatic rings. The van der Waals surface area contributed by atoms with Gasteiger partial charge in [0.1, 0.15) is 11.6 Å². The zero-order valence-electron chi connectivity index (χ0n) is 17.6. The summed E-state index contributed by atoms with van der Waals surface area (Å²) in [6.07, 6.45) is 3.38. The fraction of sp³-hybridized carbons (Fsp3) is 0.217. The van der Waals surface area contributed by atoms with Gasteiger partial charge in [-0.15, -0.1) is 0 Å². The Kier molecular flexibility index (Phi) is 7.92. The van der Waals surface area contributed by atoms with Gasteiger partial charge >= 0.3 is 0 Å². The van der Waals surface area contributed by atoms with Crippen LogP contribution in [0, 0.1) is 5.82 Å². The minimum absolute atomic E-state index is 0.0667. The second kappa shape index (κ2) is 10.5. The van der Waals surface area contributed by atoms with Gasteiger partial charge in [0.2, 0.25) is 0 Å². The smallest absolute Gasteiger partial charge is 0.264 e. The van der Waals surface area contributed by atoms with Crippen LogP contribution >= 0.6 is 23.4 Å². The van der Waals surface area contributed by atoms with E-state index >= 15 is 0 Å². The molecule has 0 saturated heterocycles. The number of ether oxygens (including phenoxy) is 1. The van der Waals surface area contributed by atoms with Crippen molar-refractivity contribution in [1.82, 2.24) is 4.72 Å². The van der Waals surface area contributed by atoms with Crippen molar-refractivity contribution in [1.29, 1.82) is 0 Å². The van der Waals surface area contributed by atoms with E-state index in [9.17, 15) is 13.4 Å². The molecule has 0 bridgehead atoms. The number of allylic oxidation sites excluding steroid dienone is 1. The topological polar surface area (TPSA) is 58.6 Å². The first-order chi connectivity index (χ1) is 15.2. The molecule has 2 aromatic carbocycles. The van der Waals surface area contributed by atoms with E-state index in [1.54, 1.807) is 17.0 Å². The second-order valence-corrected chi connectivity index (χ2v) is 10.5. The summed E-state index contributed by atoms with van der Waals surface area (Å²) in [6, 6.07) is 9.26. The first-order valence-corrected chi connectivity index (χ1v) is 12.8. The Morgan fingerprint density at radius 2 is 2.16 bits per heavy atom. The molecule has 0 fully saturated rings. The van der Waals surface area contributed by atoms with Crippen molar-refractivity contribution in [2.24, 2.45) is 0 Å². The highest BCUT2D eigenvalue weighted by molar-refractivity contribution is 8.07. The summed E-state index contributed by atoms with van der Waals surface area (Å²) >= 11 is 7.09. The van der Waals surface area contributed by atoms with E-state index in [-0.39, 0.29) is 17.5 Å². The van der Waals surface area contributed by atoms with Crippen LogP contribution in [0.4, 0.5) is 10.1 Å². The number of nitrogens with zero attached hydrogens (tertiary/aromatic N) is 1. The maximum absolute atomic E-state index is 13.3. The number of halogens is 2. The van der Waals surface area contributed by atoms with Crippen LogP contribution in [0.3, 0.4) is 0 Å². The third-order valence-electron chi connectivity index (χ3n) is 4.73. The molecule has 1 aliphatic heterocycles. The van der Waals surface area contributed by atoms with Crippen molar-refractivity contribution in [3.8, 4) is 5.75 Å². The Morgan fingerprint density at radius 1 is 1.38 bits per heavy atom. The molecule has 1 atom stereocenters. The number of fused-ring (bicyclic) bond motifs is 1. The van der Waals surface area contributed by atoms with Gasteiger partial charge in [-0.2, -0.15) is 0 Å². The number of benzene rings is 2. The molecule has 5 nitrogen and oxygen atoms in total. The van der Waals surface area contributed by atoms with Crippen LogP contribution in [-0.2, 0) is 20.9 Å². The number of thioether (sulfide) groups is 1. The Bertz CT molecular complexity index is 1170. The van der Waals surface area contributed by atoms with E-state index < -0.39 is 15.5 Å². The Balaban J connectivity index is 1.73. The number of hydrogen-bond acceptors (Lipinski definition) is 4. The molecule has 0 spiro atoms. The molecule has 1 unspecified atom stereocenters. The van der Waals surface area contributed by atoms with Gasteiger partial charge in [0, 0.05) is 23.2 Å². The van der Waals surface area contributed by atoms with Gasteiger partial charge in [-0.3, -0.25) is 4.79 Å². The Morgan fingerprint density at radius 3 is 2.88 bits per heavy atom. The average Bonchev–Trinajstić information content (AvgIpc) is 2.77. The van der Waals surface area contributed by atoms with Gasteiger partial charge in [-0.05, 0) is 66.9 Å². The number of carbonyl (C=O) groups excluding carboxylic acids is 1. The highest BCUT2D eigenvalue weighted by Crippen LogP contribution is 2.30. The first-order valence-electron chi connectivity index (χ1n) is 9.84. The largest absolute Gasteiger partial charge is 0.484 e. The van der Waals surface area contributed by atoms with E-state index in [0.717, 1.165) is 24.1 Å². The van der Waals surface area contributed by atoms with Gasteiger partial charge in [0.15, 0.2) is 6.61 Å². The van der Waals surface area contributed by atoms with Crippen LogP contribution in [-0.4, -0.2) is 29.1 Å². The molecular formula is C23H24ClFN2O3S2. The van der Waals surface area contributed by atoms with Crippen molar-refractivity contribution >= 4 is 50.5 Å². The summed E-state index contributed by atoms with van der Waals surface area (Å²) in [7, 11) is -2.79. The summed E-state index contributed by atoms with van der Waals surface area (Å²) in [6.45, 7) is 6.09. The molecule has 1 amide bonds. The molecule has 0 saturated carbocycles. The van der Waals surface area contributed by atoms with E-state index in [1.165, 1.54) is 30.0 Å². The lowest BCUT2D eigenvalue weighted by molar-refractivity contribution is -0.120. The lowest BCUT2D eigenvalue weighted by atomic mass is 10.0. The van der Waals surface area contributed by atoms with E-state index in [1.807, 2.05) is 24.5 Å². The molecule has 0 radical (unpaired) electrons.